The lowest BCUT2D eigenvalue weighted by atomic mass is 10.1. The van der Waals surface area contributed by atoms with Gasteiger partial charge >= 0.3 is 0 Å². The first-order valence-corrected chi connectivity index (χ1v) is 10.5. The molecular weight excluding hydrogens is 382 g/mol. The summed E-state index contributed by atoms with van der Waals surface area (Å²) in [5.74, 6) is 2.19. The molecule has 0 N–H and O–H groups in total. The molecule has 1 saturated heterocycles. The van der Waals surface area contributed by atoms with Crippen molar-refractivity contribution in [3.63, 3.8) is 0 Å². The molecule has 2 aliphatic rings. The van der Waals surface area contributed by atoms with Gasteiger partial charge in [0.1, 0.15) is 5.75 Å². The van der Waals surface area contributed by atoms with E-state index in [4.69, 9.17) is 9.26 Å². The van der Waals surface area contributed by atoms with E-state index < -0.39 is 0 Å². The van der Waals surface area contributed by atoms with Gasteiger partial charge in [0.05, 0.1) is 7.11 Å². The maximum Gasteiger partial charge on any atom is 0.227 e. The van der Waals surface area contributed by atoms with E-state index in [1.54, 1.807) is 7.11 Å². The number of benzene rings is 1. The topological polar surface area (TPSA) is 74.9 Å². The zero-order valence-electron chi connectivity index (χ0n) is 17.7. The molecule has 0 aliphatic carbocycles. The lowest BCUT2D eigenvalue weighted by molar-refractivity contribution is -0.131. The monoisotopic (exact) mass is 411 g/mol. The number of methoxy groups -OCH3 is 1. The van der Waals surface area contributed by atoms with Crippen molar-refractivity contribution in [2.45, 2.75) is 19.3 Å². The Morgan fingerprint density at radius 1 is 1.13 bits per heavy atom. The molecule has 1 amide bonds. The van der Waals surface area contributed by atoms with Gasteiger partial charge in [-0.3, -0.25) is 4.79 Å². The number of rotatable bonds is 6. The van der Waals surface area contributed by atoms with E-state index in [0.29, 0.717) is 24.6 Å². The van der Waals surface area contributed by atoms with Gasteiger partial charge in [-0.1, -0.05) is 11.2 Å². The van der Waals surface area contributed by atoms with Crippen LogP contribution in [0.5, 0.6) is 5.75 Å². The molecule has 2 aliphatic heterocycles. The van der Waals surface area contributed by atoms with Crippen LogP contribution >= 0.6 is 0 Å². The Labute approximate surface area is 177 Å². The van der Waals surface area contributed by atoms with E-state index in [9.17, 15) is 4.79 Å². The predicted molar refractivity (Wildman–Crippen MR) is 114 cm³/mol. The molecule has 0 atom stereocenters. The molecule has 0 radical (unpaired) electrons. The van der Waals surface area contributed by atoms with Gasteiger partial charge in [-0.2, -0.15) is 4.98 Å². The number of hydrogen-bond donors (Lipinski definition) is 0. The van der Waals surface area contributed by atoms with Crippen molar-refractivity contribution in [2.75, 3.05) is 58.3 Å². The Morgan fingerprint density at radius 2 is 1.90 bits per heavy atom. The van der Waals surface area contributed by atoms with Crippen molar-refractivity contribution in [3.05, 3.63) is 42.1 Å². The van der Waals surface area contributed by atoms with Crippen LogP contribution in [0.2, 0.25) is 0 Å². The number of amides is 1. The maximum absolute atomic E-state index is 12.6. The van der Waals surface area contributed by atoms with Crippen LogP contribution in [0.1, 0.15) is 24.6 Å². The third kappa shape index (κ3) is 4.81. The van der Waals surface area contributed by atoms with Crippen molar-refractivity contribution in [3.8, 4) is 5.75 Å². The number of hydrogen-bond acceptors (Lipinski definition) is 7. The SMILES string of the molecule is COc1ccc(N2CCN(C(=O)CCc3nc(C4=CCN(C)CC4)no3)CC2)cc1. The Morgan fingerprint density at radius 3 is 2.57 bits per heavy atom. The van der Waals surface area contributed by atoms with Crippen molar-refractivity contribution < 1.29 is 14.1 Å². The minimum Gasteiger partial charge on any atom is -0.497 e. The van der Waals surface area contributed by atoms with Crippen molar-refractivity contribution in [1.29, 1.82) is 0 Å². The summed E-state index contributed by atoms with van der Waals surface area (Å²) in [6.07, 6.45) is 3.95. The van der Waals surface area contributed by atoms with Crippen molar-refractivity contribution >= 4 is 17.2 Å². The van der Waals surface area contributed by atoms with Crippen LogP contribution in [0.25, 0.3) is 5.57 Å². The fraction of sp³-hybridized carbons (Fsp3) is 0.500. The molecule has 8 nitrogen and oxygen atoms in total. The maximum atomic E-state index is 12.6. The summed E-state index contributed by atoms with van der Waals surface area (Å²) in [6, 6.07) is 8.05. The van der Waals surface area contributed by atoms with E-state index in [1.807, 2.05) is 17.0 Å². The largest absolute Gasteiger partial charge is 0.497 e. The zero-order chi connectivity index (χ0) is 20.9. The summed E-state index contributed by atoms with van der Waals surface area (Å²) in [5.41, 5.74) is 2.29. The molecule has 0 saturated carbocycles. The average molecular weight is 412 g/mol. The Balaban J connectivity index is 1.24. The van der Waals surface area contributed by atoms with Gasteiger partial charge in [-0.25, -0.2) is 0 Å². The summed E-state index contributed by atoms with van der Waals surface area (Å²) in [4.78, 5) is 23.6. The summed E-state index contributed by atoms with van der Waals surface area (Å²) in [7, 11) is 3.76. The number of carbonyl (C=O) groups is 1. The summed E-state index contributed by atoms with van der Waals surface area (Å²) < 4.78 is 10.6. The fourth-order valence-electron chi connectivity index (χ4n) is 3.84. The minimum atomic E-state index is 0.141. The first-order valence-electron chi connectivity index (χ1n) is 10.5. The second kappa shape index (κ2) is 9.30. The molecule has 30 heavy (non-hydrogen) atoms. The third-order valence-corrected chi connectivity index (χ3v) is 5.79. The van der Waals surface area contributed by atoms with Gasteiger partial charge in [0.25, 0.3) is 0 Å². The summed E-state index contributed by atoms with van der Waals surface area (Å²) in [5, 5.41) is 4.10. The van der Waals surface area contributed by atoms with Crippen LogP contribution in [-0.2, 0) is 11.2 Å². The standard InChI is InChI=1S/C22H29N5O3/c1-25-11-9-17(10-12-25)22-23-20(30-24-22)7-8-21(28)27-15-13-26(14-16-27)18-3-5-19(29-2)6-4-18/h3-6,9H,7-8,10-16H2,1-2H3. The second-order valence-electron chi connectivity index (χ2n) is 7.82. The second-order valence-corrected chi connectivity index (χ2v) is 7.82. The van der Waals surface area contributed by atoms with Crippen molar-refractivity contribution in [1.82, 2.24) is 19.9 Å². The first kappa shape index (κ1) is 20.4. The smallest absolute Gasteiger partial charge is 0.227 e. The highest BCUT2D eigenvalue weighted by Gasteiger charge is 2.22. The molecule has 1 aromatic carbocycles. The third-order valence-electron chi connectivity index (χ3n) is 5.79. The normalized spacial score (nSPS) is 17.7. The molecule has 0 spiro atoms. The minimum absolute atomic E-state index is 0.141. The molecule has 4 rings (SSSR count). The Hall–Kier alpha value is -2.87. The number of aromatic nitrogens is 2. The molecule has 1 aromatic heterocycles. The van der Waals surface area contributed by atoms with Gasteiger partial charge in [0.15, 0.2) is 5.82 Å². The summed E-state index contributed by atoms with van der Waals surface area (Å²) in [6.45, 7) is 4.99. The van der Waals surface area contributed by atoms with Crippen molar-refractivity contribution in [2.24, 2.45) is 0 Å². The average Bonchev–Trinajstić information content (AvgIpc) is 3.27. The van der Waals surface area contributed by atoms with E-state index in [1.165, 1.54) is 0 Å². The highest BCUT2D eigenvalue weighted by atomic mass is 16.5. The Kier molecular flexibility index (Phi) is 6.32. The highest BCUT2D eigenvalue weighted by Crippen LogP contribution is 2.21. The fourth-order valence-corrected chi connectivity index (χ4v) is 3.84. The number of anilines is 1. The Bertz CT molecular complexity index is 884. The quantitative estimate of drug-likeness (QED) is 0.720. The van der Waals surface area contributed by atoms with E-state index in [-0.39, 0.29) is 5.91 Å². The number of nitrogens with zero attached hydrogens (tertiary/aromatic N) is 5. The molecule has 3 heterocycles. The number of aryl methyl sites for hydroxylation is 1. The van der Waals surface area contributed by atoms with Crippen LogP contribution in [-0.4, -0.2) is 79.3 Å². The predicted octanol–water partition coefficient (Wildman–Crippen LogP) is 2.08. The van der Waals surface area contributed by atoms with Gasteiger partial charge in [0.2, 0.25) is 11.8 Å². The van der Waals surface area contributed by atoms with E-state index >= 15 is 0 Å². The molecule has 0 unspecified atom stereocenters. The van der Waals surface area contributed by atoms with E-state index in [0.717, 1.165) is 62.7 Å². The first-order chi connectivity index (χ1) is 14.6. The lowest BCUT2D eigenvalue weighted by Gasteiger charge is -2.36. The number of likely N-dealkylation sites (N-methyl/N-ethyl adjacent to an activating group) is 1. The molecule has 160 valence electrons. The van der Waals surface area contributed by atoms with Crippen LogP contribution < -0.4 is 9.64 Å². The van der Waals surface area contributed by atoms with Crippen LogP contribution in [0.15, 0.2) is 34.9 Å². The number of piperazine rings is 1. The van der Waals surface area contributed by atoms with E-state index in [2.05, 4.69) is 45.2 Å². The molecule has 2 aromatic rings. The van der Waals surface area contributed by atoms with Gasteiger partial charge in [-0.05, 0) is 43.3 Å². The lowest BCUT2D eigenvalue weighted by Crippen LogP contribution is -2.48. The van der Waals surface area contributed by atoms with Crippen LogP contribution in [0, 0.1) is 0 Å². The zero-order valence-corrected chi connectivity index (χ0v) is 17.7. The molecule has 8 heteroatoms. The van der Waals surface area contributed by atoms with Crippen LogP contribution in [0.4, 0.5) is 5.69 Å². The van der Waals surface area contributed by atoms with Gasteiger partial charge in [0, 0.05) is 57.8 Å². The van der Waals surface area contributed by atoms with Gasteiger partial charge in [-0.15, -0.1) is 0 Å². The summed E-state index contributed by atoms with van der Waals surface area (Å²) >= 11 is 0. The molecule has 0 bridgehead atoms. The van der Waals surface area contributed by atoms with Crippen LogP contribution in [0.3, 0.4) is 0 Å². The molecule has 1 fully saturated rings. The number of carbonyl (C=O) groups excluding carboxylic acids is 1. The van der Waals surface area contributed by atoms with Gasteiger partial charge < -0.3 is 24.0 Å². The highest BCUT2D eigenvalue weighted by molar-refractivity contribution is 5.76. The molecular formula is C22H29N5O3. The number of ether oxygens (including phenoxy) is 1.